The van der Waals surface area contributed by atoms with Gasteiger partial charge in [-0.05, 0) is 48.5 Å². The Hall–Kier alpha value is -3.46. The molecule has 0 unspecified atom stereocenters. The van der Waals surface area contributed by atoms with Crippen LogP contribution in [-0.2, 0) is 14.8 Å². The summed E-state index contributed by atoms with van der Waals surface area (Å²) in [6.45, 7) is -0.514. The van der Waals surface area contributed by atoms with Gasteiger partial charge < -0.3 is 10.1 Å². The van der Waals surface area contributed by atoms with Crippen molar-refractivity contribution in [1.29, 1.82) is 0 Å². The maximum atomic E-state index is 13.3. The largest absolute Gasteiger partial charge is 0.497 e. The zero-order valence-electron chi connectivity index (χ0n) is 15.4. The van der Waals surface area contributed by atoms with E-state index in [1.807, 2.05) is 0 Å². The molecule has 0 radical (unpaired) electrons. The van der Waals surface area contributed by atoms with Crippen molar-refractivity contribution in [2.45, 2.75) is 4.90 Å². The molecule has 0 fully saturated rings. The second-order valence-electron chi connectivity index (χ2n) is 5.96. The molecule has 0 saturated carbocycles. The van der Waals surface area contributed by atoms with Crippen LogP contribution in [0.2, 0.25) is 0 Å². The van der Waals surface area contributed by atoms with Crippen LogP contribution in [0.3, 0.4) is 0 Å². The summed E-state index contributed by atoms with van der Waals surface area (Å²) in [7, 11) is -2.61. The molecule has 3 rings (SSSR count). The first kappa shape index (κ1) is 20.3. The number of carbonyl (C=O) groups excluding carboxylic acids is 1. The molecule has 0 bridgehead atoms. The molecule has 1 amide bonds. The van der Waals surface area contributed by atoms with E-state index >= 15 is 0 Å². The maximum absolute atomic E-state index is 13.3. The maximum Gasteiger partial charge on any atom is 0.266 e. The number of aromatic nitrogens is 1. The molecule has 0 saturated heterocycles. The summed E-state index contributed by atoms with van der Waals surface area (Å²) in [4.78, 5) is 16.3. The Labute approximate surface area is 167 Å². The summed E-state index contributed by atoms with van der Waals surface area (Å²) in [6.07, 6.45) is 2.63. The summed E-state index contributed by atoms with van der Waals surface area (Å²) in [5.41, 5.74) is 0.600. The van der Waals surface area contributed by atoms with E-state index in [4.69, 9.17) is 4.74 Å². The average Bonchev–Trinajstić information content (AvgIpc) is 2.73. The summed E-state index contributed by atoms with van der Waals surface area (Å²) >= 11 is 0. The normalized spacial score (nSPS) is 11.0. The van der Waals surface area contributed by atoms with Crippen LogP contribution in [0.5, 0.6) is 5.75 Å². The smallest absolute Gasteiger partial charge is 0.266 e. The van der Waals surface area contributed by atoms with E-state index in [0.29, 0.717) is 11.4 Å². The molecule has 2 aromatic carbocycles. The molecule has 0 atom stereocenters. The zero-order valence-corrected chi connectivity index (χ0v) is 16.3. The molecule has 1 N–H and O–H groups in total. The summed E-state index contributed by atoms with van der Waals surface area (Å²) in [5, 5.41) is 2.64. The van der Waals surface area contributed by atoms with Gasteiger partial charge in [-0.2, -0.15) is 0 Å². The molecule has 0 spiro atoms. The van der Waals surface area contributed by atoms with Crippen molar-refractivity contribution in [3.8, 4) is 5.75 Å². The minimum atomic E-state index is -4.10. The first-order chi connectivity index (χ1) is 13.9. The van der Waals surface area contributed by atoms with Crippen molar-refractivity contribution < 1.29 is 22.3 Å². The number of sulfonamides is 1. The van der Waals surface area contributed by atoms with E-state index in [2.05, 4.69) is 10.3 Å². The molecule has 150 valence electrons. The van der Waals surface area contributed by atoms with E-state index in [0.717, 1.165) is 16.4 Å². The predicted octanol–water partition coefficient (Wildman–Crippen LogP) is 3.06. The van der Waals surface area contributed by atoms with Crippen molar-refractivity contribution in [3.05, 3.63) is 78.9 Å². The number of nitrogens with one attached hydrogen (secondary N) is 1. The summed E-state index contributed by atoms with van der Waals surface area (Å²) in [6, 6.07) is 14.4. The van der Waals surface area contributed by atoms with Gasteiger partial charge in [-0.1, -0.05) is 6.07 Å². The van der Waals surface area contributed by atoms with Crippen LogP contribution in [0.4, 0.5) is 15.8 Å². The highest BCUT2D eigenvalue weighted by molar-refractivity contribution is 7.92. The lowest BCUT2D eigenvalue weighted by molar-refractivity contribution is -0.114. The number of carbonyl (C=O) groups is 1. The third kappa shape index (κ3) is 4.88. The van der Waals surface area contributed by atoms with Crippen LogP contribution >= 0.6 is 0 Å². The number of nitrogens with zero attached hydrogens (tertiary/aromatic N) is 2. The first-order valence-electron chi connectivity index (χ1n) is 8.52. The molecular formula is C20H18FN3O4S. The molecule has 0 aliphatic rings. The monoisotopic (exact) mass is 415 g/mol. The second-order valence-corrected chi connectivity index (χ2v) is 7.82. The molecule has 7 nitrogen and oxygen atoms in total. The van der Waals surface area contributed by atoms with Crippen LogP contribution in [0.15, 0.2) is 78.0 Å². The van der Waals surface area contributed by atoms with Crippen LogP contribution < -0.4 is 14.4 Å². The Morgan fingerprint density at radius 3 is 2.55 bits per heavy atom. The van der Waals surface area contributed by atoms with E-state index in [9.17, 15) is 17.6 Å². The van der Waals surface area contributed by atoms with Gasteiger partial charge in [0.1, 0.15) is 23.0 Å². The quantitative estimate of drug-likeness (QED) is 0.641. The van der Waals surface area contributed by atoms with Crippen LogP contribution in [0, 0.1) is 5.82 Å². The second kappa shape index (κ2) is 8.70. The van der Waals surface area contributed by atoms with Crippen molar-refractivity contribution >= 4 is 27.3 Å². The van der Waals surface area contributed by atoms with Crippen LogP contribution in [0.25, 0.3) is 0 Å². The Bertz CT molecular complexity index is 1090. The molecule has 1 aromatic heterocycles. The molecule has 29 heavy (non-hydrogen) atoms. The molecule has 0 aliphatic heterocycles. The molecule has 9 heteroatoms. The number of hydrogen-bond acceptors (Lipinski definition) is 5. The number of rotatable bonds is 7. The van der Waals surface area contributed by atoms with Gasteiger partial charge in [0.25, 0.3) is 10.0 Å². The lowest BCUT2D eigenvalue weighted by Crippen LogP contribution is -2.38. The van der Waals surface area contributed by atoms with Gasteiger partial charge in [0, 0.05) is 24.1 Å². The lowest BCUT2D eigenvalue weighted by Gasteiger charge is -2.24. The minimum absolute atomic E-state index is 0.0847. The third-order valence-corrected chi connectivity index (χ3v) is 5.74. The summed E-state index contributed by atoms with van der Waals surface area (Å²) < 4.78 is 45.5. The zero-order chi connectivity index (χ0) is 20.9. The number of benzene rings is 2. The molecule has 0 aliphatic carbocycles. The molecule has 1 heterocycles. The Morgan fingerprint density at radius 2 is 1.90 bits per heavy atom. The number of anilines is 2. The van der Waals surface area contributed by atoms with E-state index < -0.39 is 28.3 Å². The number of ether oxygens (including phenoxy) is 1. The van der Waals surface area contributed by atoms with Gasteiger partial charge in [-0.3, -0.25) is 14.1 Å². The first-order valence-corrected chi connectivity index (χ1v) is 9.96. The van der Waals surface area contributed by atoms with Crippen molar-refractivity contribution in [2.24, 2.45) is 0 Å². The molecular weight excluding hydrogens is 397 g/mol. The summed E-state index contributed by atoms with van der Waals surface area (Å²) in [5.74, 6) is -0.551. The van der Waals surface area contributed by atoms with Gasteiger partial charge in [0.15, 0.2) is 0 Å². The average molecular weight is 415 g/mol. The third-order valence-electron chi connectivity index (χ3n) is 3.98. The number of pyridine rings is 1. The highest BCUT2D eigenvalue weighted by Crippen LogP contribution is 2.24. The highest BCUT2D eigenvalue weighted by Gasteiger charge is 2.27. The van der Waals surface area contributed by atoms with Gasteiger partial charge in [0.2, 0.25) is 5.91 Å². The lowest BCUT2D eigenvalue weighted by atomic mass is 10.3. The fourth-order valence-corrected chi connectivity index (χ4v) is 3.97. The highest BCUT2D eigenvalue weighted by atomic mass is 32.2. The standard InChI is InChI=1S/C20H18FN3O4S/c1-28-18-5-2-4-16(12-18)23-20(25)14-24(17-9-7-15(21)8-10-17)29(26,27)19-6-3-11-22-13-19/h2-13H,14H2,1H3,(H,23,25). The van der Waals surface area contributed by atoms with Crippen molar-refractivity contribution in [2.75, 3.05) is 23.3 Å². The van der Waals surface area contributed by atoms with Gasteiger partial charge in [-0.15, -0.1) is 0 Å². The molecule has 3 aromatic rings. The van der Waals surface area contributed by atoms with Crippen LogP contribution in [-0.4, -0.2) is 33.0 Å². The van der Waals surface area contributed by atoms with E-state index in [1.165, 1.54) is 43.8 Å². The number of halogens is 1. The predicted molar refractivity (Wildman–Crippen MR) is 107 cm³/mol. The van der Waals surface area contributed by atoms with Gasteiger partial charge >= 0.3 is 0 Å². The SMILES string of the molecule is COc1cccc(NC(=O)CN(c2ccc(F)cc2)S(=O)(=O)c2cccnc2)c1. The Balaban J connectivity index is 1.91. The van der Waals surface area contributed by atoms with E-state index in [-0.39, 0.29) is 10.6 Å². The van der Waals surface area contributed by atoms with E-state index in [1.54, 1.807) is 24.3 Å². The Kier molecular flexibility index (Phi) is 6.08. The minimum Gasteiger partial charge on any atom is -0.497 e. The van der Waals surface area contributed by atoms with Gasteiger partial charge in [-0.25, -0.2) is 12.8 Å². The fourth-order valence-electron chi connectivity index (χ4n) is 2.58. The fraction of sp³-hybridized carbons (Fsp3) is 0.100. The van der Waals surface area contributed by atoms with Crippen LogP contribution in [0.1, 0.15) is 0 Å². The topological polar surface area (TPSA) is 88.6 Å². The number of methoxy groups -OCH3 is 1. The van der Waals surface area contributed by atoms with Crippen molar-refractivity contribution in [1.82, 2.24) is 4.98 Å². The number of hydrogen-bond donors (Lipinski definition) is 1. The number of amides is 1. The van der Waals surface area contributed by atoms with Crippen molar-refractivity contribution in [3.63, 3.8) is 0 Å². The van der Waals surface area contributed by atoms with Gasteiger partial charge in [0.05, 0.1) is 12.8 Å². The Morgan fingerprint density at radius 1 is 1.14 bits per heavy atom.